The molecule has 0 radical (unpaired) electrons. The lowest BCUT2D eigenvalue weighted by molar-refractivity contribution is -0.385. The molecule has 0 atom stereocenters. The molecule has 0 unspecified atom stereocenters. The highest BCUT2D eigenvalue weighted by Gasteiger charge is 2.21. The van der Waals surface area contributed by atoms with Gasteiger partial charge in [-0.3, -0.25) is 14.9 Å². The summed E-state index contributed by atoms with van der Waals surface area (Å²) in [7, 11) is -3.88. The van der Waals surface area contributed by atoms with Crippen LogP contribution in [0.5, 0.6) is 5.75 Å². The predicted octanol–water partition coefficient (Wildman–Crippen LogP) is 3.01. The lowest BCUT2D eigenvalue weighted by Crippen LogP contribution is -2.14. The molecule has 0 spiro atoms. The number of carbonyl (C=O) groups is 2. The molecule has 11 nitrogen and oxygen atoms in total. The molecule has 0 fully saturated rings. The molecule has 0 saturated heterocycles. The van der Waals surface area contributed by atoms with Gasteiger partial charge in [0.25, 0.3) is 11.6 Å². The number of hydrogen-bond acceptors (Lipinski definition) is 8. The fourth-order valence-corrected chi connectivity index (χ4v) is 3.36. The van der Waals surface area contributed by atoms with Crippen molar-refractivity contribution in [1.82, 2.24) is 0 Å². The Labute approximate surface area is 199 Å². The van der Waals surface area contributed by atoms with Crippen LogP contribution < -0.4 is 15.2 Å². The number of ether oxygens (including phenoxy) is 1. The van der Waals surface area contributed by atoms with E-state index in [2.05, 4.69) is 5.32 Å². The maximum absolute atomic E-state index is 12.4. The number of nitrogens with one attached hydrogen (secondary N) is 1. The summed E-state index contributed by atoms with van der Waals surface area (Å²) in [5.41, 5.74) is -0.152. The van der Waals surface area contributed by atoms with Gasteiger partial charge < -0.3 is 10.1 Å². The number of nitrogens with two attached hydrogens (primary N) is 1. The molecule has 3 aromatic rings. The first kappa shape index (κ1) is 24.8. The van der Waals surface area contributed by atoms with E-state index >= 15 is 0 Å². The largest absolute Gasteiger partial charge is 0.423 e. The minimum absolute atomic E-state index is 0.100. The Morgan fingerprint density at radius 3 is 2.23 bits per heavy atom. The summed E-state index contributed by atoms with van der Waals surface area (Å²) in [6.07, 6.45) is 1.29. The maximum Gasteiger partial charge on any atom is 0.350 e. The molecule has 3 N–H and O–H groups in total. The summed E-state index contributed by atoms with van der Waals surface area (Å²) in [4.78, 5) is 35.0. The number of amides is 1. The number of rotatable bonds is 7. The number of nitrogens with zero attached hydrogens (tertiary/aromatic N) is 2. The molecule has 0 bridgehead atoms. The van der Waals surface area contributed by atoms with Crippen LogP contribution in [0.3, 0.4) is 0 Å². The molecule has 3 aromatic carbocycles. The summed E-state index contributed by atoms with van der Waals surface area (Å²) >= 11 is 0. The molecule has 0 aliphatic carbocycles. The van der Waals surface area contributed by atoms with Crippen molar-refractivity contribution in [3.63, 3.8) is 0 Å². The molecule has 0 saturated carbocycles. The molecule has 12 heteroatoms. The van der Waals surface area contributed by atoms with E-state index in [1.807, 2.05) is 0 Å². The fourth-order valence-electron chi connectivity index (χ4n) is 2.84. The number of esters is 1. The molecule has 0 aliphatic rings. The highest BCUT2D eigenvalue weighted by atomic mass is 32.2. The lowest BCUT2D eigenvalue weighted by Gasteiger charge is -2.06. The van der Waals surface area contributed by atoms with E-state index in [-0.39, 0.29) is 33.2 Å². The van der Waals surface area contributed by atoms with Crippen LogP contribution in [-0.4, -0.2) is 25.2 Å². The minimum Gasteiger partial charge on any atom is -0.423 e. The summed E-state index contributed by atoms with van der Waals surface area (Å²) < 4.78 is 27.8. The zero-order chi connectivity index (χ0) is 25.6. The van der Waals surface area contributed by atoms with Crippen molar-refractivity contribution in [2.75, 3.05) is 5.32 Å². The summed E-state index contributed by atoms with van der Waals surface area (Å²) in [6, 6.07) is 18.0. The van der Waals surface area contributed by atoms with Gasteiger partial charge in [0.15, 0.2) is 0 Å². The van der Waals surface area contributed by atoms with Crippen molar-refractivity contribution >= 4 is 39.4 Å². The zero-order valence-electron chi connectivity index (χ0n) is 17.7. The monoisotopic (exact) mass is 492 g/mol. The molecule has 0 aromatic heterocycles. The van der Waals surface area contributed by atoms with Crippen LogP contribution in [0.1, 0.15) is 15.9 Å². The van der Waals surface area contributed by atoms with E-state index in [4.69, 9.17) is 9.88 Å². The lowest BCUT2D eigenvalue weighted by atomic mass is 10.1. The van der Waals surface area contributed by atoms with E-state index in [9.17, 15) is 33.4 Å². The highest BCUT2D eigenvalue weighted by molar-refractivity contribution is 7.89. The summed E-state index contributed by atoms with van der Waals surface area (Å²) in [5.74, 6) is -1.54. The normalized spacial score (nSPS) is 11.3. The Bertz CT molecular complexity index is 1470. The van der Waals surface area contributed by atoms with Crippen LogP contribution in [0, 0.1) is 21.4 Å². The van der Waals surface area contributed by atoms with Gasteiger partial charge in [-0.25, -0.2) is 18.4 Å². The van der Waals surface area contributed by atoms with Crippen molar-refractivity contribution in [3.8, 4) is 11.8 Å². The molecule has 3 rings (SSSR count). The minimum atomic E-state index is -3.88. The number of nitro benzene ring substituents is 1. The van der Waals surface area contributed by atoms with E-state index in [0.29, 0.717) is 5.56 Å². The van der Waals surface area contributed by atoms with Gasteiger partial charge >= 0.3 is 5.97 Å². The Kier molecular flexibility index (Phi) is 7.35. The van der Waals surface area contributed by atoms with Gasteiger partial charge in [0.2, 0.25) is 10.0 Å². The second kappa shape index (κ2) is 10.4. The molecule has 0 heterocycles. The first-order valence-corrected chi connectivity index (χ1v) is 11.2. The number of benzene rings is 3. The summed E-state index contributed by atoms with van der Waals surface area (Å²) in [5, 5.41) is 27.9. The van der Waals surface area contributed by atoms with Crippen molar-refractivity contribution in [2.45, 2.75) is 4.90 Å². The van der Waals surface area contributed by atoms with Crippen molar-refractivity contribution < 1.29 is 27.7 Å². The van der Waals surface area contributed by atoms with Gasteiger partial charge in [0.1, 0.15) is 23.0 Å². The standard InChI is InChI=1S/C23H16N4O7S/c24-14-16(22(28)26-17-7-11-19(12-8-17)35(25,32)33)13-15-5-9-18(10-6-15)34-23(29)20-3-1-2-4-21(20)27(30)31/h1-13H,(H,26,28)(H2,25,32,33). The molecular weight excluding hydrogens is 476 g/mol. The SMILES string of the molecule is N#CC(=Cc1ccc(OC(=O)c2ccccc2[N+](=O)[O-])cc1)C(=O)Nc1ccc(S(N)(=O)=O)cc1. The number of para-hydroxylation sites is 1. The Morgan fingerprint density at radius 1 is 1.03 bits per heavy atom. The number of nitriles is 1. The topological polar surface area (TPSA) is 182 Å². The fraction of sp³-hybridized carbons (Fsp3) is 0. The Balaban J connectivity index is 1.71. The summed E-state index contributed by atoms with van der Waals surface area (Å²) in [6.45, 7) is 0. The quantitative estimate of drug-likeness (QED) is 0.126. The first-order chi connectivity index (χ1) is 16.6. The zero-order valence-corrected chi connectivity index (χ0v) is 18.6. The molecule has 1 amide bonds. The second-order valence-electron chi connectivity index (χ2n) is 6.93. The Morgan fingerprint density at radius 2 is 1.66 bits per heavy atom. The second-order valence-corrected chi connectivity index (χ2v) is 8.49. The maximum atomic E-state index is 12.4. The van der Waals surface area contributed by atoms with Gasteiger partial charge in [-0.05, 0) is 54.1 Å². The van der Waals surface area contributed by atoms with Gasteiger partial charge in [0.05, 0.1) is 9.82 Å². The van der Waals surface area contributed by atoms with E-state index in [1.165, 1.54) is 78.9 Å². The van der Waals surface area contributed by atoms with Crippen LogP contribution >= 0.6 is 0 Å². The van der Waals surface area contributed by atoms with Crippen LogP contribution in [0.15, 0.2) is 83.3 Å². The Hall–Kier alpha value is -4.86. The van der Waals surface area contributed by atoms with Gasteiger partial charge in [-0.1, -0.05) is 24.3 Å². The van der Waals surface area contributed by atoms with Crippen LogP contribution in [0.2, 0.25) is 0 Å². The molecule has 35 heavy (non-hydrogen) atoms. The van der Waals surface area contributed by atoms with Crippen molar-refractivity contribution in [1.29, 1.82) is 5.26 Å². The predicted molar refractivity (Wildman–Crippen MR) is 125 cm³/mol. The first-order valence-electron chi connectivity index (χ1n) is 9.70. The smallest absolute Gasteiger partial charge is 0.350 e. The molecule has 0 aliphatic heterocycles. The number of nitro groups is 1. The number of sulfonamides is 1. The third-order valence-corrected chi connectivity index (χ3v) is 5.46. The van der Waals surface area contributed by atoms with E-state index < -0.39 is 26.8 Å². The number of hydrogen-bond donors (Lipinski definition) is 2. The molecule has 176 valence electrons. The van der Waals surface area contributed by atoms with Crippen molar-refractivity contribution in [2.24, 2.45) is 5.14 Å². The van der Waals surface area contributed by atoms with E-state index in [0.717, 1.165) is 0 Å². The number of primary sulfonamides is 1. The average Bonchev–Trinajstić information content (AvgIpc) is 2.83. The van der Waals surface area contributed by atoms with Crippen LogP contribution in [0.25, 0.3) is 6.08 Å². The van der Waals surface area contributed by atoms with Crippen molar-refractivity contribution in [3.05, 3.63) is 99.6 Å². The third kappa shape index (κ3) is 6.35. The van der Waals surface area contributed by atoms with Gasteiger partial charge in [-0.15, -0.1) is 0 Å². The average molecular weight is 492 g/mol. The van der Waals surface area contributed by atoms with Crippen LogP contribution in [-0.2, 0) is 14.8 Å². The number of carbonyl (C=O) groups excluding carboxylic acids is 2. The van der Waals surface area contributed by atoms with Gasteiger partial charge in [0, 0.05) is 11.8 Å². The highest BCUT2D eigenvalue weighted by Crippen LogP contribution is 2.22. The number of anilines is 1. The van der Waals surface area contributed by atoms with Crippen LogP contribution in [0.4, 0.5) is 11.4 Å². The molecular formula is C23H16N4O7S. The van der Waals surface area contributed by atoms with E-state index in [1.54, 1.807) is 6.07 Å². The third-order valence-electron chi connectivity index (χ3n) is 4.53. The van der Waals surface area contributed by atoms with Gasteiger partial charge in [-0.2, -0.15) is 5.26 Å².